The summed E-state index contributed by atoms with van der Waals surface area (Å²) in [5.41, 5.74) is -2.20. The zero-order valence-corrected chi connectivity index (χ0v) is 16.3. The summed E-state index contributed by atoms with van der Waals surface area (Å²) >= 11 is 0. The molecular formula is C19H29F3N2O2. The van der Waals surface area contributed by atoms with Crippen molar-refractivity contribution in [1.82, 2.24) is 4.90 Å². The van der Waals surface area contributed by atoms with Crippen LogP contribution in [0.1, 0.15) is 44.7 Å². The maximum Gasteiger partial charge on any atom is 0.421 e. The van der Waals surface area contributed by atoms with Gasteiger partial charge in [0.05, 0.1) is 19.1 Å². The molecule has 0 aliphatic heterocycles. The minimum atomic E-state index is -4.81. The van der Waals surface area contributed by atoms with Crippen molar-refractivity contribution < 1.29 is 23.0 Å². The molecule has 0 aliphatic carbocycles. The SMILES string of the molecule is CCN(C)C=Nc1cc(OC)c(C(O)(CCC(C)C)C(F)(F)F)cc1C. The van der Waals surface area contributed by atoms with Crippen molar-refractivity contribution in [3.8, 4) is 5.75 Å². The predicted octanol–water partition coefficient (Wildman–Crippen LogP) is 4.80. The summed E-state index contributed by atoms with van der Waals surface area (Å²) in [5.74, 6) is 0.00917. The number of aryl methyl sites for hydroxylation is 1. The topological polar surface area (TPSA) is 45.1 Å². The molecule has 1 N–H and O–H groups in total. The summed E-state index contributed by atoms with van der Waals surface area (Å²) in [4.78, 5) is 6.14. The molecule has 0 aliphatic rings. The van der Waals surface area contributed by atoms with Gasteiger partial charge in [-0.05, 0) is 44.2 Å². The quantitative estimate of drug-likeness (QED) is 0.525. The molecule has 0 spiro atoms. The molecule has 0 saturated heterocycles. The van der Waals surface area contributed by atoms with Crippen LogP contribution in [0.4, 0.5) is 18.9 Å². The van der Waals surface area contributed by atoms with E-state index in [9.17, 15) is 18.3 Å². The Kier molecular flexibility index (Phi) is 7.50. The van der Waals surface area contributed by atoms with E-state index in [-0.39, 0.29) is 23.7 Å². The minimum absolute atomic E-state index is 0.0227. The van der Waals surface area contributed by atoms with Gasteiger partial charge in [-0.2, -0.15) is 13.2 Å². The molecule has 0 fully saturated rings. The lowest BCUT2D eigenvalue weighted by Gasteiger charge is -2.33. The molecule has 0 amide bonds. The second-order valence-corrected chi connectivity index (χ2v) is 6.95. The summed E-state index contributed by atoms with van der Waals surface area (Å²) < 4.78 is 46.4. The standard InChI is InChI=1S/C19H29F3N2O2/c1-7-24(5)12-23-16-11-17(26-6)15(10-14(16)4)18(25,19(20,21)22)9-8-13(2)3/h10-13,25H,7-9H2,1-6H3. The van der Waals surface area contributed by atoms with Crippen LogP contribution in [0.2, 0.25) is 0 Å². The van der Waals surface area contributed by atoms with Crippen LogP contribution in [0.25, 0.3) is 0 Å². The number of methoxy groups -OCH3 is 1. The van der Waals surface area contributed by atoms with Crippen LogP contribution in [-0.2, 0) is 5.60 Å². The van der Waals surface area contributed by atoms with Gasteiger partial charge in [-0.25, -0.2) is 4.99 Å². The van der Waals surface area contributed by atoms with E-state index in [2.05, 4.69) is 4.99 Å². The second kappa shape index (κ2) is 8.75. The molecule has 1 atom stereocenters. The van der Waals surface area contributed by atoms with Gasteiger partial charge in [0, 0.05) is 25.2 Å². The van der Waals surface area contributed by atoms with Crippen LogP contribution >= 0.6 is 0 Å². The summed E-state index contributed by atoms with van der Waals surface area (Å²) in [5, 5.41) is 10.6. The average molecular weight is 374 g/mol. The third-order valence-corrected chi connectivity index (χ3v) is 4.41. The van der Waals surface area contributed by atoms with Gasteiger partial charge in [0.15, 0.2) is 5.60 Å². The van der Waals surface area contributed by atoms with Crippen molar-refractivity contribution in [3.05, 3.63) is 23.3 Å². The predicted molar refractivity (Wildman–Crippen MR) is 98.2 cm³/mol. The van der Waals surface area contributed by atoms with Gasteiger partial charge in [-0.15, -0.1) is 0 Å². The molecule has 1 aromatic rings. The molecule has 26 heavy (non-hydrogen) atoms. The van der Waals surface area contributed by atoms with Gasteiger partial charge in [0.2, 0.25) is 0 Å². The Morgan fingerprint density at radius 2 is 1.92 bits per heavy atom. The maximum atomic E-state index is 13.7. The van der Waals surface area contributed by atoms with Gasteiger partial charge >= 0.3 is 6.18 Å². The highest BCUT2D eigenvalue weighted by atomic mass is 19.4. The van der Waals surface area contributed by atoms with E-state index >= 15 is 0 Å². The highest BCUT2D eigenvalue weighted by Gasteiger charge is 2.55. The van der Waals surface area contributed by atoms with Crippen LogP contribution in [0.3, 0.4) is 0 Å². The van der Waals surface area contributed by atoms with Crippen LogP contribution in [0.15, 0.2) is 17.1 Å². The van der Waals surface area contributed by atoms with Crippen molar-refractivity contribution in [2.45, 2.75) is 52.3 Å². The first-order chi connectivity index (χ1) is 12.0. The first-order valence-electron chi connectivity index (χ1n) is 8.68. The Labute approximate surface area is 153 Å². The van der Waals surface area contributed by atoms with E-state index in [4.69, 9.17) is 4.74 Å². The largest absolute Gasteiger partial charge is 0.496 e. The molecule has 1 rings (SSSR count). The average Bonchev–Trinajstić information content (AvgIpc) is 2.56. The zero-order valence-electron chi connectivity index (χ0n) is 16.3. The van der Waals surface area contributed by atoms with Gasteiger partial charge < -0.3 is 14.7 Å². The molecule has 7 heteroatoms. The van der Waals surface area contributed by atoms with Crippen LogP contribution in [0, 0.1) is 12.8 Å². The van der Waals surface area contributed by atoms with Crippen molar-refractivity contribution in [2.24, 2.45) is 10.9 Å². The molecule has 0 bridgehead atoms. The number of rotatable bonds is 8. The molecule has 0 heterocycles. The lowest BCUT2D eigenvalue weighted by Crippen LogP contribution is -2.43. The number of alkyl halides is 3. The number of aliphatic imine (C=N–C) groups is 1. The summed E-state index contributed by atoms with van der Waals surface area (Å²) in [6.07, 6.45) is -3.39. The fourth-order valence-corrected chi connectivity index (χ4v) is 2.48. The second-order valence-electron chi connectivity index (χ2n) is 6.95. The van der Waals surface area contributed by atoms with Gasteiger partial charge in [-0.3, -0.25) is 0 Å². The van der Waals surface area contributed by atoms with Crippen LogP contribution in [-0.4, -0.2) is 43.2 Å². The highest BCUT2D eigenvalue weighted by molar-refractivity contribution is 5.65. The molecule has 4 nitrogen and oxygen atoms in total. The van der Waals surface area contributed by atoms with Gasteiger partial charge in [-0.1, -0.05) is 13.8 Å². The first-order valence-corrected chi connectivity index (χ1v) is 8.68. The van der Waals surface area contributed by atoms with E-state index < -0.39 is 18.2 Å². The van der Waals surface area contributed by atoms with Crippen molar-refractivity contribution >= 4 is 12.0 Å². The molecular weight excluding hydrogens is 345 g/mol. The lowest BCUT2D eigenvalue weighted by atomic mass is 9.84. The van der Waals surface area contributed by atoms with E-state index in [0.717, 1.165) is 6.54 Å². The van der Waals surface area contributed by atoms with E-state index in [1.165, 1.54) is 19.2 Å². The number of benzene rings is 1. The number of halogens is 3. The number of nitrogens with zero attached hydrogens (tertiary/aromatic N) is 2. The smallest absolute Gasteiger partial charge is 0.421 e. The fourth-order valence-electron chi connectivity index (χ4n) is 2.48. The monoisotopic (exact) mass is 374 g/mol. The van der Waals surface area contributed by atoms with Crippen molar-refractivity contribution in [3.63, 3.8) is 0 Å². The van der Waals surface area contributed by atoms with E-state index in [1.54, 1.807) is 13.3 Å². The minimum Gasteiger partial charge on any atom is -0.496 e. The van der Waals surface area contributed by atoms with E-state index in [1.807, 2.05) is 32.7 Å². The Morgan fingerprint density at radius 3 is 2.38 bits per heavy atom. The number of aliphatic hydroxyl groups is 1. The summed E-state index contributed by atoms with van der Waals surface area (Å²) in [7, 11) is 3.14. The highest BCUT2D eigenvalue weighted by Crippen LogP contribution is 2.47. The van der Waals surface area contributed by atoms with Crippen molar-refractivity contribution in [1.29, 1.82) is 0 Å². The Morgan fingerprint density at radius 1 is 1.31 bits per heavy atom. The van der Waals surface area contributed by atoms with Gasteiger partial charge in [0.25, 0.3) is 0 Å². The summed E-state index contributed by atoms with van der Waals surface area (Å²) in [6, 6.07) is 2.77. The van der Waals surface area contributed by atoms with Crippen molar-refractivity contribution in [2.75, 3.05) is 20.7 Å². The Bertz CT molecular complexity index is 630. The first kappa shape index (κ1) is 22.3. The molecule has 0 aromatic heterocycles. The molecule has 0 radical (unpaired) electrons. The lowest BCUT2D eigenvalue weighted by molar-refractivity contribution is -0.270. The zero-order chi connectivity index (χ0) is 20.1. The normalized spacial score (nSPS) is 14.7. The molecule has 148 valence electrons. The van der Waals surface area contributed by atoms with Crippen LogP contribution in [0.5, 0.6) is 5.75 Å². The third-order valence-electron chi connectivity index (χ3n) is 4.41. The fraction of sp³-hybridized carbons (Fsp3) is 0.632. The Balaban J connectivity index is 3.44. The van der Waals surface area contributed by atoms with Gasteiger partial charge in [0.1, 0.15) is 5.75 Å². The Hall–Kier alpha value is -1.76. The number of hydrogen-bond donors (Lipinski definition) is 1. The molecule has 1 unspecified atom stereocenters. The maximum absolute atomic E-state index is 13.7. The molecule has 0 saturated carbocycles. The number of ether oxygens (including phenoxy) is 1. The third kappa shape index (κ3) is 5.13. The number of hydrogen-bond acceptors (Lipinski definition) is 3. The van der Waals surface area contributed by atoms with E-state index in [0.29, 0.717) is 11.3 Å². The van der Waals surface area contributed by atoms with Crippen LogP contribution < -0.4 is 4.74 Å². The molecule has 1 aromatic carbocycles. The summed E-state index contributed by atoms with van der Waals surface area (Å²) in [6.45, 7) is 8.02.